The molecule has 0 saturated carbocycles. The number of hydrogen-bond donors (Lipinski definition) is 0. The summed E-state index contributed by atoms with van der Waals surface area (Å²) in [5.41, 5.74) is 2.02. The zero-order chi connectivity index (χ0) is 19.9. The van der Waals surface area contributed by atoms with E-state index in [1.807, 2.05) is 30.3 Å². The van der Waals surface area contributed by atoms with Crippen LogP contribution in [0.2, 0.25) is 0 Å². The number of ether oxygens (including phenoxy) is 1. The molecule has 148 valence electrons. The number of benzene rings is 1. The van der Waals surface area contributed by atoms with Gasteiger partial charge in [0.25, 0.3) is 0 Å². The minimum atomic E-state index is 0.638. The van der Waals surface area contributed by atoms with Crippen molar-refractivity contribution in [3.63, 3.8) is 0 Å². The Kier molecular flexibility index (Phi) is 7.28. The molecule has 0 unspecified atom stereocenters. The van der Waals surface area contributed by atoms with Crippen LogP contribution in [0.15, 0.2) is 47.5 Å². The van der Waals surface area contributed by atoms with E-state index in [1.54, 1.807) is 30.2 Å². The summed E-state index contributed by atoms with van der Waals surface area (Å²) in [5, 5.41) is 13.1. The first-order chi connectivity index (χ1) is 13.6. The van der Waals surface area contributed by atoms with Gasteiger partial charge in [0.1, 0.15) is 5.75 Å². The lowest BCUT2D eigenvalue weighted by Gasteiger charge is -2.10. The van der Waals surface area contributed by atoms with Gasteiger partial charge >= 0.3 is 0 Å². The SMILES string of the molecule is C=CCn1c(SCc2csc(CCC(C)C)n2)nnc1-c1ccccc1OC. The number of methoxy groups -OCH3 is 1. The quantitative estimate of drug-likeness (QED) is 0.325. The average Bonchev–Trinajstić information content (AvgIpc) is 3.32. The summed E-state index contributed by atoms with van der Waals surface area (Å²) >= 11 is 3.40. The van der Waals surface area contributed by atoms with E-state index in [0.717, 1.165) is 40.2 Å². The molecule has 0 radical (unpaired) electrons. The monoisotopic (exact) mass is 414 g/mol. The second kappa shape index (κ2) is 9.89. The largest absolute Gasteiger partial charge is 0.496 e. The highest BCUT2D eigenvalue weighted by Gasteiger charge is 2.17. The summed E-state index contributed by atoms with van der Waals surface area (Å²) in [7, 11) is 1.67. The van der Waals surface area contributed by atoms with E-state index >= 15 is 0 Å². The molecule has 0 atom stereocenters. The van der Waals surface area contributed by atoms with Crippen molar-refractivity contribution in [2.75, 3.05) is 7.11 Å². The van der Waals surface area contributed by atoms with Crippen LogP contribution in [0.5, 0.6) is 5.75 Å². The van der Waals surface area contributed by atoms with Gasteiger partial charge in [0.05, 0.1) is 23.4 Å². The molecule has 3 aromatic rings. The van der Waals surface area contributed by atoms with Crippen LogP contribution in [-0.2, 0) is 18.7 Å². The predicted molar refractivity (Wildman–Crippen MR) is 117 cm³/mol. The minimum absolute atomic E-state index is 0.638. The van der Waals surface area contributed by atoms with Crippen molar-refractivity contribution < 1.29 is 4.74 Å². The lowest BCUT2D eigenvalue weighted by molar-refractivity contribution is 0.416. The first-order valence-electron chi connectivity index (χ1n) is 9.36. The van der Waals surface area contributed by atoms with Crippen molar-refractivity contribution in [2.24, 2.45) is 5.92 Å². The van der Waals surface area contributed by atoms with Gasteiger partial charge < -0.3 is 4.74 Å². The summed E-state index contributed by atoms with van der Waals surface area (Å²) in [6, 6.07) is 7.86. The predicted octanol–water partition coefficient (Wildman–Crippen LogP) is 5.48. The van der Waals surface area contributed by atoms with E-state index in [1.165, 1.54) is 11.4 Å². The lowest BCUT2D eigenvalue weighted by Crippen LogP contribution is -2.02. The Labute approximate surface area is 174 Å². The fourth-order valence-electron chi connectivity index (χ4n) is 2.80. The first-order valence-corrected chi connectivity index (χ1v) is 11.2. The van der Waals surface area contributed by atoms with Crippen molar-refractivity contribution >= 4 is 23.1 Å². The van der Waals surface area contributed by atoms with Crippen molar-refractivity contribution in [3.8, 4) is 17.1 Å². The zero-order valence-electron chi connectivity index (χ0n) is 16.6. The van der Waals surface area contributed by atoms with Crippen LogP contribution >= 0.6 is 23.1 Å². The third-order valence-corrected chi connectivity index (χ3v) is 6.22. The lowest BCUT2D eigenvalue weighted by atomic mass is 10.1. The van der Waals surface area contributed by atoms with Gasteiger partial charge in [0, 0.05) is 17.7 Å². The zero-order valence-corrected chi connectivity index (χ0v) is 18.2. The third-order valence-electron chi connectivity index (χ3n) is 4.26. The van der Waals surface area contributed by atoms with Gasteiger partial charge in [-0.15, -0.1) is 28.1 Å². The highest BCUT2D eigenvalue weighted by molar-refractivity contribution is 7.98. The first kappa shape index (κ1) is 20.6. The van der Waals surface area contributed by atoms with Crippen LogP contribution in [0.25, 0.3) is 11.4 Å². The van der Waals surface area contributed by atoms with Crippen LogP contribution in [0.4, 0.5) is 0 Å². The van der Waals surface area contributed by atoms with Crippen molar-refractivity contribution in [3.05, 3.63) is 53.0 Å². The molecular formula is C21H26N4OS2. The van der Waals surface area contributed by atoms with Gasteiger partial charge in [-0.2, -0.15) is 0 Å². The number of thiazole rings is 1. The molecule has 0 fully saturated rings. The fraction of sp³-hybridized carbons (Fsp3) is 0.381. The Bertz CT molecular complexity index is 917. The highest BCUT2D eigenvalue weighted by atomic mass is 32.2. The molecule has 28 heavy (non-hydrogen) atoms. The molecule has 3 rings (SSSR count). The average molecular weight is 415 g/mol. The number of hydrogen-bond acceptors (Lipinski definition) is 6. The molecule has 0 bridgehead atoms. The Hall–Kier alpha value is -2.12. The summed E-state index contributed by atoms with van der Waals surface area (Å²) in [6.45, 7) is 9.01. The van der Waals surface area contributed by atoms with E-state index in [4.69, 9.17) is 9.72 Å². The third kappa shape index (κ3) is 5.02. The number of para-hydroxylation sites is 1. The molecule has 0 aliphatic carbocycles. The Morgan fingerprint density at radius 2 is 2.11 bits per heavy atom. The normalized spacial score (nSPS) is 11.1. The second-order valence-corrected chi connectivity index (χ2v) is 8.74. The Morgan fingerprint density at radius 3 is 2.86 bits per heavy atom. The molecule has 7 heteroatoms. The minimum Gasteiger partial charge on any atom is -0.496 e. The fourth-order valence-corrected chi connectivity index (χ4v) is 4.56. The van der Waals surface area contributed by atoms with Gasteiger partial charge in [-0.05, 0) is 30.9 Å². The van der Waals surface area contributed by atoms with Crippen molar-refractivity contribution in [2.45, 2.75) is 44.1 Å². The molecule has 0 spiro atoms. The van der Waals surface area contributed by atoms with Gasteiger partial charge in [0.2, 0.25) is 0 Å². The van der Waals surface area contributed by atoms with Gasteiger partial charge in [-0.3, -0.25) is 4.57 Å². The summed E-state index contributed by atoms with van der Waals surface area (Å²) in [5.74, 6) is 3.05. The van der Waals surface area contributed by atoms with Gasteiger partial charge in [-0.1, -0.05) is 43.8 Å². The molecule has 2 aromatic heterocycles. The highest BCUT2D eigenvalue weighted by Crippen LogP contribution is 2.32. The van der Waals surface area contributed by atoms with Gasteiger partial charge in [0.15, 0.2) is 11.0 Å². The van der Waals surface area contributed by atoms with E-state index in [2.05, 4.69) is 40.6 Å². The number of aryl methyl sites for hydroxylation is 1. The van der Waals surface area contributed by atoms with Crippen molar-refractivity contribution in [1.29, 1.82) is 0 Å². The van der Waals surface area contributed by atoms with Crippen LogP contribution < -0.4 is 4.74 Å². The maximum absolute atomic E-state index is 5.49. The molecule has 0 aliphatic heterocycles. The Morgan fingerprint density at radius 1 is 1.29 bits per heavy atom. The number of allylic oxidation sites excluding steroid dienone is 1. The Balaban J connectivity index is 1.76. The molecule has 0 N–H and O–H groups in total. The van der Waals surface area contributed by atoms with E-state index in [0.29, 0.717) is 12.5 Å². The van der Waals surface area contributed by atoms with Crippen LogP contribution in [-0.4, -0.2) is 26.9 Å². The maximum Gasteiger partial charge on any atom is 0.192 e. The topological polar surface area (TPSA) is 52.8 Å². The second-order valence-electron chi connectivity index (χ2n) is 6.86. The van der Waals surface area contributed by atoms with E-state index in [-0.39, 0.29) is 0 Å². The molecule has 0 amide bonds. The molecule has 5 nitrogen and oxygen atoms in total. The number of nitrogens with zero attached hydrogens (tertiary/aromatic N) is 4. The molecular weight excluding hydrogens is 388 g/mol. The number of rotatable bonds is 10. The van der Waals surface area contributed by atoms with Crippen molar-refractivity contribution in [1.82, 2.24) is 19.7 Å². The molecule has 0 aliphatic rings. The summed E-state index contributed by atoms with van der Waals surface area (Å²) in [4.78, 5) is 4.77. The van der Waals surface area contributed by atoms with Gasteiger partial charge in [-0.25, -0.2) is 4.98 Å². The maximum atomic E-state index is 5.49. The van der Waals surface area contributed by atoms with Crippen LogP contribution in [0.1, 0.15) is 31.0 Å². The molecule has 2 heterocycles. The van der Waals surface area contributed by atoms with E-state index < -0.39 is 0 Å². The molecule has 1 aromatic carbocycles. The standard InChI is InChI=1S/C21H26N4OS2/c1-5-12-25-20(17-8-6-7-9-18(17)26-4)23-24-21(25)28-14-16-13-27-19(22-16)11-10-15(2)3/h5-9,13,15H,1,10-12,14H2,2-4H3. The van der Waals surface area contributed by atoms with Crippen LogP contribution in [0.3, 0.4) is 0 Å². The summed E-state index contributed by atoms with van der Waals surface area (Å²) < 4.78 is 7.56. The smallest absolute Gasteiger partial charge is 0.192 e. The number of aromatic nitrogens is 4. The summed E-state index contributed by atoms with van der Waals surface area (Å²) in [6.07, 6.45) is 4.09. The molecule has 0 saturated heterocycles. The number of thioether (sulfide) groups is 1. The van der Waals surface area contributed by atoms with Crippen LogP contribution in [0, 0.1) is 5.92 Å². The van der Waals surface area contributed by atoms with E-state index in [9.17, 15) is 0 Å².